The molecule has 1 saturated heterocycles. The second-order valence-electron chi connectivity index (χ2n) is 7.74. The molecule has 3 heterocycles. The van der Waals surface area contributed by atoms with E-state index in [1.165, 1.54) is 0 Å². The van der Waals surface area contributed by atoms with Crippen LogP contribution in [-0.2, 0) is 11.3 Å². The van der Waals surface area contributed by atoms with Gasteiger partial charge < -0.3 is 18.9 Å². The van der Waals surface area contributed by atoms with Crippen molar-refractivity contribution in [2.45, 2.75) is 33.2 Å². The van der Waals surface area contributed by atoms with E-state index in [4.69, 9.17) is 14.0 Å². The maximum atomic E-state index is 12.6. The van der Waals surface area contributed by atoms with Crippen LogP contribution in [0.5, 0.6) is 11.5 Å². The molecule has 1 amide bonds. The fourth-order valence-electron chi connectivity index (χ4n) is 3.85. The average molecular weight is 413 g/mol. The highest BCUT2D eigenvalue weighted by Gasteiger charge is 2.23. The largest absolute Gasteiger partial charge is 0.486 e. The number of carbonyl (C=O) groups is 2. The molecule has 160 valence electrons. The third kappa shape index (κ3) is 4.48. The number of aryl methyl sites for hydroxylation is 2. The van der Waals surface area contributed by atoms with Crippen LogP contribution in [-0.4, -0.2) is 66.0 Å². The van der Waals surface area contributed by atoms with Crippen LogP contribution in [0.2, 0.25) is 0 Å². The number of amides is 1. The van der Waals surface area contributed by atoms with Crippen molar-refractivity contribution in [2.75, 3.05) is 39.4 Å². The van der Waals surface area contributed by atoms with E-state index in [-0.39, 0.29) is 24.5 Å². The van der Waals surface area contributed by atoms with Gasteiger partial charge in [0.1, 0.15) is 19.0 Å². The van der Waals surface area contributed by atoms with Crippen LogP contribution < -0.4 is 9.47 Å². The van der Waals surface area contributed by atoms with Crippen molar-refractivity contribution >= 4 is 11.7 Å². The molecule has 8 heteroatoms. The number of hydrogen-bond donors (Lipinski definition) is 0. The Bertz CT molecular complexity index is 911. The summed E-state index contributed by atoms with van der Waals surface area (Å²) < 4.78 is 16.2. The molecule has 0 N–H and O–H groups in total. The topological polar surface area (TPSA) is 85.1 Å². The van der Waals surface area contributed by atoms with Gasteiger partial charge in [0.2, 0.25) is 5.91 Å². The van der Waals surface area contributed by atoms with E-state index in [1.807, 2.05) is 18.7 Å². The fraction of sp³-hybridized carbons (Fsp3) is 0.500. The van der Waals surface area contributed by atoms with Crippen LogP contribution in [0.1, 0.15) is 40.2 Å². The molecule has 0 atom stereocenters. The van der Waals surface area contributed by atoms with Gasteiger partial charge in [0, 0.05) is 56.7 Å². The number of piperazine rings is 1. The van der Waals surface area contributed by atoms with Crippen molar-refractivity contribution in [3.8, 4) is 11.5 Å². The number of aromatic nitrogens is 1. The lowest BCUT2D eigenvalue weighted by Gasteiger charge is -2.34. The van der Waals surface area contributed by atoms with Gasteiger partial charge in [-0.3, -0.25) is 14.5 Å². The summed E-state index contributed by atoms with van der Waals surface area (Å²) in [6.07, 6.45) is 0.412. The van der Waals surface area contributed by atoms with E-state index in [9.17, 15) is 9.59 Å². The lowest BCUT2D eigenvalue weighted by atomic mass is 10.1. The first-order valence-electron chi connectivity index (χ1n) is 10.4. The number of fused-ring (bicyclic) bond motifs is 1. The highest BCUT2D eigenvalue weighted by atomic mass is 16.6. The Kier molecular flexibility index (Phi) is 6.03. The van der Waals surface area contributed by atoms with Crippen LogP contribution in [0.15, 0.2) is 22.7 Å². The maximum Gasteiger partial charge on any atom is 0.223 e. The molecule has 0 saturated carbocycles. The van der Waals surface area contributed by atoms with Crippen LogP contribution in [0.4, 0.5) is 0 Å². The highest BCUT2D eigenvalue weighted by molar-refractivity contribution is 5.98. The maximum absolute atomic E-state index is 12.6. The minimum absolute atomic E-state index is 0.0258. The Morgan fingerprint density at radius 2 is 1.73 bits per heavy atom. The summed E-state index contributed by atoms with van der Waals surface area (Å²) in [6, 6.07) is 5.18. The van der Waals surface area contributed by atoms with Crippen LogP contribution >= 0.6 is 0 Å². The first-order valence-corrected chi connectivity index (χ1v) is 10.4. The molecule has 0 aliphatic carbocycles. The van der Waals surface area contributed by atoms with Crippen molar-refractivity contribution in [1.82, 2.24) is 15.0 Å². The zero-order valence-electron chi connectivity index (χ0n) is 17.5. The molecule has 1 aromatic heterocycles. The molecule has 8 nitrogen and oxygen atoms in total. The molecule has 0 radical (unpaired) electrons. The molecule has 2 aromatic rings. The molecule has 1 aromatic carbocycles. The van der Waals surface area contributed by atoms with Gasteiger partial charge in [0.05, 0.1) is 5.69 Å². The summed E-state index contributed by atoms with van der Waals surface area (Å²) >= 11 is 0. The minimum Gasteiger partial charge on any atom is -0.486 e. The van der Waals surface area contributed by atoms with E-state index < -0.39 is 0 Å². The molecule has 0 unspecified atom stereocenters. The molecule has 0 spiro atoms. The van der Waals surface area contributed by atoms with Gasteiger partial charge in [-0.15, -0.1) is 0 Å². The van der Waals surface area contributed by atoms with E-state index in [0.29, 0.717) is 43.4 Å². The van der Waals surface area contributed by atoms with E-state index in [0.717, 1.165) is 36.7 Å². The van der Waals surface area contributed by atoms with Gasteiger partial charge in [-0.05, 0) is 32.0 Å². The molecule has 30 heavy (non-hydrogen) atoms. The van der Waals surface area contributed by atoms with Gasteiger partial charge in [-0.25, -0.2) is 0 Å². The molecular weight excluding hydrogens is 386 g/mol. The van der Waals surface area contributed by atoms with Crippen molar-refractivity contribution in [3.63, 3.8) is 0 Å². The van der Waals surface area contributed by atoms with E-state index in [2.05, 4.69) is 10.1 Å². The van der Waals surface area contributed by atoms with Gasteiger partial charge in [0.15, 0.2) is 17.3 Å². The predicted molar refractivity (Wildman–Crippen MR) is 109 cm³/mol. The Balaban J connectivity index is 1.24. The summed E-state index contributed by atoms with van der Waals surface area (Å²) in [5.41, 5.74) is 2.60. The monoisotopic (exact) mass is 413 g/mol. The van der Waals surface area contributed by atoms with Gasteiger partial charge in [-0.1, -0.05) is 5.16 Å². The average Bonchev–Trinajstić information content (AvgIpc) is 3.09. The van der Waals surface area contributed by atoms with Gasteiger partial charge >= 0.3 is 0 Å². The summed E-state index contributed by atoms with van der Waals surface area (Å²) in [5, 5.41) is 4.00. The van der Waals surface area contributed by atoms with Crippen molar-refractivity contribution in [3.05, 3.63) is 40.8 Å². The predicted octanol–water partition coefficient (Wildman–Crippen LogP) is 2.37. The Hall–Kier alpha value is -2.87. The van der Waals surface area contributed by atoms with Crippen LogP contribution in [0.25, 0.3) is 0 Å². The number of Topliss-reactive ketones (excluding diaryl/α,β-unsaturated/α-hetero) is 1. The minimum atomic E-state index is -0.0580. The molecule has 0 bridgehead atoms. The van der Waals surface area contributed by atoms with E-state index >= 15 is 0 Å². The number of benzene rings is 1. The Morgan fingerprint density at radius 1 is 1.00 bits per heavy atom. The van der Waals surface area contributed by atoms with E-state index in [1.54, 1.807) is 18.2 Å². The second-order valence-corrected chi connectivity index (χ2v) is 7.74. The number of ether oxygens (including phenoxy) is 2. The summed E-state index contributed by atoms with van der Waals surface area (Å²) in [4.78, 5) is 29.3. The first kappa shape index (κ1) is 20.4. The lowest BCUT2D eigenvalue weighted by Crippen LogP contribution is -2.48. The SMILES string of the molecule is Cc1noc(C)c1CN1CCN(C(=O)CCC(=O)c2ccc3c(c2)OCCO3)CC1. The highest BCUT2D eigenvalue weighted by Crippen LogP contribution is 2.31. The van der Waals surface area contributed by atoms with Crippen molar-refractivity contribution in [1.29, 1.82) is 0 Å². The van der Waals surface area contributed by atoms with Crippen LogP contribution in [0, 0.1) is 13.8 Å². The van der Waals surface area contributed by atoms with Crippen molar-refractivity contribution < 1.29 is 23.6 Å². The molecule has 2 aliphatic heterocycles. The van der Waals surface area contributed by atoms with Crippen molar-refractivity contribution in [2.24, 2.45) is 0 Å². The fourth-order valence-corrected chi connectivity index (χ4v) is 3.85. The Labute approximate surface area is 175 Å². The molecule has 2 aliphatic rings. The summed E-state index contributed by atoms with van der Waals surface area (Å²) in [7, 11) is 0. The quantitative estimate of drug-likeness (QED) is 0.672. The number of hydrogen-bond acceptors (Lipinski definition) is 7. The Morgan fingerprint density at radius 3 is 2.43 bits per heavy atom. The zero-order valence-corrected chi connectivity index (χ0v) is 17.5. The third-order valence-corrected chi connectivity index (χ3v) is 5.72. The number of nitrogens with zero attached hydrogens (tertiary/aromatic N) is 3. The number of ketones is 1. The second kappa shape index (κ2) is 8.87. The first-order chi connectivity index (χ1) is 14.5. The van der Waals surface area contributed by atoms with Gasteiger partial charge in [0.25, 0.3) is 0 Å². The number of carbonyl (C=O) groups excluding carboxylic acids is 2. The lowest BCUT2D eigenvalue weighted by molar-refractivity contribution is -0.133. The molecule has 4 rings (SSSR count). The summed E-state index contributed by atoms with van der Waals surface area (Å²) in [5.74, 6) is 2.06. The normalized spacial score (nSPS) is 16.5. The summed E-state index contributed by atoms with van der Waals surface area (Å²) in [6.45, 7) is 8.58. The number of rotatable bonds is 6. The molecule has 1 fully saturated rings. The van der Waals surface area contributed by atoms with Gasteiger partial charge in [-0.2, -0.15) is 0 Å². The molecular formula is C22H27N3O5. The zero-order chi connectivity index (χ0) is 21.1. The third-order valence-electron chi connectivity index (χ3n) is 5.72. The smallest absolute Gasteiger partial charge is 0.223 e. The van der Waals surface area contributed by atoms with Crippen LogP contribution in [0.3, 0.4) is 0 Å². The standard InChI is InChI=1S/C22H27N3O5/c1-15-18(16(2)30-23-15)14-24-7-9-25(10-8-24)22(27)6-4-19(26)17-3-5-20-21(13-17)29-12-11-28-20/h3,5,13H,4,6-12,14H2,1-2H3.